The molecule has 2 heteroatoms. The molecule has 0 aliphatic carbocycles. The molecule has 1 unspecified atom stereocenters. The largest absolute Gasteiger partial charge is 0.260 e. The van der Waals surface area contributed by atoms with E-state index in [-0.39, 0.29) is 0 Å². The van der Waals surface area contributed by atoms with E-state index < -0.39 is 0 Å². The zero-order valence-electron chi connectivity index (χ0n) is 7.41. The van der Waals surface area contributed by atoms with Crippen molar-refractivity contribution in [3.8, 4) is 6.07 Å². The van der Waals surface area contributed by atoms with Gasteiger partial charge in [-0.1, -0.05) is 13.8 Å². The molecule has 2 nitrogen and oxygen atoms in total. The van der Waals surface area contributed by atoms with Gasteiger partial charge in [-0.25, -0.2) is 0 Å². The van der Waals surface area contributed by atoms with Crippen LogP contribution in [0.25, 0.3) is 0 Å². The van der Waals surface area contributed by atoms with Crippen LogP contribution in [0.15, 0.2) is 18.3 Å². The molecule has 0 saturated carbocycles. The molecule has 0 radical (unpaired) electrons. The van der Waals surface area contributed by atoms with Crippen molar-refractivity contribution in [2.75, 3.05) is 0 Å². The van der Waals surface area contributed by atoms with E-state index >= 15 is 0 Å². The highest BCUT2D eigenvalue weighted by Crippen LogP contribution is 2.18. The van der Waals surface area contributed by atoms with Gasteiger partial charge in [-0.15, -0.1) is 0 Å². The second-order valence-electron chi connectivity index (χ2n) is 2.86. The average molecular weight is 160 g/mol. The van der Waals surface area contributed by atoms with Crippen LogP contribution in [0.2, 0.25) is 0 Å². The number of pyridine rings is 1. The lowest BCUT2D eigenvalue weighted by Gasteiger charge is -2.08. The lowest BCUT2D eigenvalue weighted by Crippen LogP contribution is -1.98. The SMILES string of the molecule is CCC(C)c1ncccc1C#N. The molecule has 0 fully saturated rings. The summed E-state index contributed by atoms with van der Waals surface area (Å²) >= 11 is 0. The average Bonchev–Trinajstić information content (AvgIpc) is 2.16. The number of hydrogen-bond acceptors (Lipinski definition) is 2. The highest BCUT2D eigenvalue weighted by Gasteiger charge is 2.08. The summed E-state index contributed by atoms with van der Waals surface area (Å²) in [6.45, 7) is 4.18. The van der Waals surface area contributed by atoms with E-state index in [1.807, 2.05) is 6.07 Å². The lowest BCUT2D eigenvalue weighted by molar-refractivity contribution is 0.705. The minimum absolute atomic E-state index is 0.376. The van der Waals surface area contributed by atoms with Gasteiger partial charge >= 0.3 is 0 Å². The van der Waals surface area contributed by atoms with Crippen LogP contribution < -0.4 is 0 Å². The fraction of sp³-hybridized carbons (Fsp3) is 0.400. The minimum Gasteiger partial charge on any atom is -0.260 e. The Morgan fingerprint density at radius 3 is 3.00 bits per heavy atom. The molecule has 1 aromatic rings. The van der Waals surface area contributed by atoms with Crippen LogP contribution >= 0.6 is 0 Å². The fourth-order valence-corrected chi connectivity index (χ4v) is 1.10. The van der Waals surface area contributed by atoms with Gasteiger partial charge in [-0.05, 0) is 24.5 Å². The fourth-order valence-electron chi connectivity index (χ4n) is 1.10. The first-order chi connectivity index (χ1) is 5.79. The van der Waals surface area contributed by atoms with E-state index in [1.165, 1.54) is 0 Å². The van der Waals surface area contributed by atoms with Crippen LogP contribution in [0.1, 0.15) is 37.4 Å². The predicted octanol–water partition coefficient (Wildman–Crippen LogP) is 2.47. The third-order valence-corrected chi connectivity index (χ3v) is 2.04. The maximum atomic E-state index is 8.77. The van der Waals surface area contributed by atoms with E-state index in [1.54, 1.807) is 12.3 Å². The Bertz CT molecular complexity index is 299. The zero-order chi connectivity index (χ0) is 8.97. The molecule has 0 aromatic carbocycles. The van der Waals surface area contributed by atoms with E-state index in [2.05, 4.69) is 24.9 Å². The van der Waals surface area contributed by atoms with Gasteiger partial charge in [0.1, 0.15) is 6.07 Å². The molecule has 0 aliphatic rings. The molecular weight excluding hydrogens is 148 g/mol. The van der Waals surface area contributed by atoms with Crippen molar-refractivity contribution in [3.63, 3.8) is 0 Å². The van der Waals surface area contributed by atoms with Crippen LogP contribution in [-0.4, -0.2) is 4.98 Å². The van der Waals surface area contributed by atoms with Crippen LogP contribution in [0.5, 0.6) is 0 Å². The van der Waals surface area contributed by atoms with Gasteiger partial charge in [-0.3, -0.25) is 4.98 Å². The summed E-state index contributed by atoms with van der Waals surface area (Å²) in [7, 11) is 0. The predicted molar refractivity (Wildman–Crippen MR) is 47.7 cm³/mol. The van der Waals surface area contributed by atoms with Gasteiger partial charge in [-0.2, -0.15) is 5.26 Å². The van der Waals surface area contributed by atoms with Crippen molar-refractivity contribution in [2.24, 2.45) is 0 Å². The summed E-state index contributed by atoms with van der Waals surface area (Å²) < 4.78 is 0. The summed E-state index contributed by atoms with van der Waals surface area (Å²) in [5, 5.41) is 8.77. The smallest absolute Gasteiger partial charge is 0.101 e. The van der Waals surface area contributed by atoms with E-state index in [9.17, 15) is 0 Å². The van der Waals surface area contributed by atoms with Crippen molar-refractivity contribution < 1.29 is 0 Å². The normalized spacial score (nSPS) is 12.1. The minimum atomic E-state index is 0.376. The van der Waals surface area contributed by atoms with E-state index in [4.69, 9.17) is 5.26 Å². The quantitative estimate of drug-likeness (QED) is 0.666. The van der Waals surface area contributed by atoms with Gasteiger partial charge < -0.3 is 0 Å². The molecule has 62 valence electrons. The molecule has 0 amide bonds. The Kier molecular flexibility index (Phi) is 2.82. The molecule has 1 atom stereocenters. The summed E-state index contributed by atoms with van der Waals surface area (Å²) in [5.41, 5.74) is 1.62. The maximum Gasteiger partial charge on any atom is 0.101 e. The molecule has 0 aliphatic heterocycles. The molecule has 0 N–H and O–H groups in total. The van der Waals surface area contributed by atoms with Crippen LogP contribution in [0.3, 0.4) is 0 Å². The molecule has 0 bridgehead atoms. The van der Waals surface area contributed by atoms with Crippen molar-refractivity contribution in [1.82, 2.24) is 4.98 Å². The van der Waals surface area contributed by atoms with Gasteiger partial charge in [0.25, 0.3) is 0 Å². The Morgan fingerprint density at radius 2 is 2.42 bits per heavy atom. The number of aromatic nitrogens is 1. The van der Waals surface area contributed by atoms with Gasteiger partial charge in [0.15, 0.2) is 0 Å². The third-order valence-electron chi connectivity index (χ3n) is 2.04. The zero-order valence-corrected chi connectivity index (χ0v) is 7.41. The molecule has 12 heavy (non-hydrogen) atoms. The van der Waals surface area contributed by atoms with Crippen molar-refractivity contribution in [3.05, 3.63) is 29.6 Å². The Hall–Kier alpha value is -1.36. The summed E-state index contributed by atoms with van der Waals surface area (Å²) in [4.78, 5) is 4.20. The standard InChI is InChI=1S/C10H12N2/c1-3-8(2)10-9(7-11)5-4-6-12-10/h4-6,8H,3H2,1-2H3. The number of hydrogen-bond donors (Lipinski definition) is 0. The summed E-state index contributed by atoms with van der Waals surface area (Å²) in [6.07, 6.45) is 2.76. The Balaban J connectivity index is 3.07. The van der Waals surface area contributed by atoms with Gasteiger partial charge in [0.2, 0.25) is 0 Å². The summed E-state index contributed by atoms with van der Waals surface area (Å²) in [6, 6.07) is 5.76. The first-order valence-electron chi connectivity index (χ1n) is 4.14. The molecule has 0 saturated heterocycles. The molecule has 1 heterocycles. The van der Waals surface area contributed by atoms with Crippen molar-refractivity contribution in [2.45, 2.75) is 26.2 Å². The van der Waals surface area contributed by atoms with Crippen molar-refractivity contribution >= 4 is 0 Å². The van der Waals surface area contributed by atoms with E-state index in [0.29, 0.717) is 11.5 Å². The number of nitrogens with zero attached hydrogens (tertiary/aromatic N) is 2. The highest BCUT2D eigenvalue weighted by atomic mass is 14.7. The second-order valence-corrected chi connectivity index (χ2v) is 2.86. The van der Waals surface area contributed by atoms with Crippen LogP contribution in [0.4, 0.5) is 0 Å². The first kappa shape index (κ1) is 8.73. The third kappa shape index (κ3) is 1.62. The molecule has 1 rings (SSSR count). The Labute approximate surface area is 72.9 Å². The maximum absolute atomic E-state index is 8.77. The topological polar surface area (TPSA) is 36.7 Å². The molecular formula is C10H12N2. The second kappa shape index (κ2) is 3.87. The summed E-state index contributed by atoms with van der Waals surface area (Å²) in [5.74, 6) is 0.376. The monoisotopic (exact) mass is 160 g/mol. The van der Waals surface area contributed by atoms with Crippen LogP contribution in [0, 0.1) is 11.3 Å². The first-order valence-corrected chi connectivity index (χ1v) is 4.14. The molecule has 0 spiro atoms. The number of rotatable bonds is 2. The van der Waals surface area contributed by atoms with Gasteiger partial charge in [0, 0.05) is 6.20 Å². The Morgan fingerprint density at radius 1 is 1.67 bits per heavy atom. The van der Waals surface area contributed by atoms with E-state index in [0.717, 1.165) is 12.1 Å². The number of nitriles is 1. The molecule has 1 aromatic heterocycles. The van der Waals surface area contributed by atoms with Gasteiger partial charge in [0.05, 0.1) is 11.3 Å². The lowest BCUT2D eigenvalue weighted by atomic mass is 10.0. The van der Waals surface area contributed by atoms with Crippen molar-refractivity contribution in [1.29, 1.82) is 5.26 Å². The highest BCUT2D eigenvalue weighted by molar-refractivity contribution is 5.34. The van der Waals surface area contributed by atoms with Crippen LogP contribution in [-0.2, 0) is 0 Å².